The summed E-state index contributed by atoms with van der Waals surface area (Å²) in [6.07, 6.45) is 4.44. The number of aromatic nitrogens is 2. The van der Waals surface area contributed by atoms with Crippen molar-refractivity contribution in [3.05, 3.63) is 54.1 Å². The van der Waals surface area contributed by atoms with Crippen LogP contribution in [0.5, 0.6) is 0 Å². The third-order valence-electron chi connectivity index (χ3n) is 3.46. The number of carbonyl (C=O) groups excluding carboxylic acids is 3. The van der Waals surface area contributed by atoms with Gasteiger partial charge >= 0.3 is 0 Å². The van der Waals surface area contributed by atoms with Crippen LogP contribution in [0.3, 0.4) is 0 Å². The topological polar surface area (TPSA) is 104 Å². The van der Waals surface area contributed by atoms with E-state index in [1.807, 2.05) is 30.3 Å². The molecule has 2 amide bonds. The summed E-state index contributed by atoms with van der Waals surface area (Å²) >= 11 is 0. The Morgan fingerprint density at radius 1 is 1.21 bits per heavy atom. The number of hydrogen-bond acceptors (Lipinski definition) is 4. The molecule has 0 aliphatic heterocycles. The average Bonchev–Trinajstić information content (AvgIpc) is 3.07. The molecule has 0 aliphatic carbocycles. The maximum absolute atomic E-state index is 12.5. The first-order valence-corrected chi connectivity index (χ1v) is 7.62. The number of aldehydes is 1. The average molecular weight is 328 g/mol. The van der Waals surface area contributed by atoms with Crippen LogP contribution < -0.4 is 10.6 Å². The highest BCUT2D eigenvalue weighted by Crippen LogP contribution is 2.05. The van der Waals surface area contributed by atoms with E-state index in [0.717, 1.165) is 11.3 Å². The summed E-state index contributed by atoms with van der Waals surface area (Å²) in [6.45, 7) is 1.35. The van der Waals surface area contributed by atoms with Gasteiger partial charge in [0.05, 0.1) is 12.4 Å². The molecule has 1 aromatic carbocycles. The molecule has 0 radical (unpaired) electrons. The minimum atomic E-state index is -0.742. The van der Waals surface area contributed by atoms with Crippen LogP contribution in [-0.4, -0.2) is 40.2 Å². The van der Waals surface area contributed by atoms with E-state index in [9.17, 15) is 14.4 Å². The fraction of sp³-hybridized carbons (Fsp3) is 0.294. The number of carbonyl (C=O) groups is 3. The largest absolute Gasteiger partial charge is 0.348 e. The third-order valence-corrected chi connectivity index (χ3v) is 3.46. The Labute approximate surface area is 139 Å². The van der Waals surface area contributed by atoms with Gasteiger partial charge in [0.2, 0.25) is 11.8 Å². The van der Waals surface area contributed by atoms with Crippen molar-refractivity contribution in [2.45, 2.75) is 31.8 Å². The summed E-state index contributed by atoms with van der Waals surface area (Å²) in [7, 11) is 0. The van der Waals surface area contributed by atoms with Crippen LogP contribution in [0.15, 0.2) is 42.9 Å². The number of rotatable bonds is 8. The van der Waals surface area contributed by atoms with Gasteiger partial charge in [-0.2, -0.15) is 0 Å². The Morgan fingerprint density at radius 2 is 1.96 bits per heavy atom. The highest BCUT2D eigenvalue weighted by Gasteiger charge is 2.23. The molecular formula is C17H20N4O3. The molecule has 0 saturated carbocycles. The van der Waals surface area contributed by atoms with Gasteiger partial charge in [-0.25, -0.2) is 4.98 Å². The lowest BCUT2D eigenvalue weighted by Crippen LogP contribution is -2.51. The molecule has 0 unspecified atom stereocenters. The fourth-order valence-electron chi connectivity index (χ4n) is 2.35. The molecule has 24 heavy (non-hydrogen) atoms. The van der Waals surface area contributed by atoms with E-state index in [1.54, 1.807) is 6.20 Å². The fourth-order valence-corrected chi connectivity index (χ4v) is 2.35. The Morgan fingerprint density at radius 3 is 2.54 bits per heavy atom. The van der Waals surface area contributed by atoms with Gasteiger partial charge < -0.3 is 20.4 Å². The molecular weight excluding hydrogens is 308 g/mol. The second-order valence-electron chi connectivity index (χ2n) is 5.47. The Bertz CT molecular complexity index is 670. The molecule has 7 nitrogen and oxygen atoms in total. The number of hydrogen-bond donors (Lipinski definition) is 3. The number of nitrogens with one attached hydrogen (secondary N) is 3. The molecule has 2 atom stereocenters. The Balaban J connectivity index is 2.02. The summed E-state index contributed by atoms with van der Waals surface area (Å²) in [5.74, 6) is -0.701. The highest BCUT2D eigenvalue weighted by molar-refractivity contribution is 5.88. The lowest BCUT2D eigenvalue weighted by Gasteiger charge is -2.20. The zero-order chi connectivity index (χ0) is 17.4. The molecule has 2 rings (SSSR count). The van der Waals surface area contributed by atoms with E-state index in [2.05, 4.69) is 20.6 Å². The molecule has 7 heteroatoms. The van der Waals surface area contributed by atoms with E-state index in [-0.39, 0.29) is 5.91 Å². The Kier molecular flexibility index (Phi) is 6.24. The number of aromatic amines is 1. The van der Waals surface area contributed by atoms with E-state index in [0.29, 0.717) is 19.1 Å². The van der Waals surface area contributed by atoms with Gasteiger partial charge in [0.15, 0.2) is 0 Å². The lowest BCUT2D eigenvalue weighted by molar-refractivity contribution is -0.129. The molecule has 1 aromatic heterocycles. The second kappa shape index (κ2) is 8.61. The van der Waals surface area contributed by atoms with Crippen LogP contribution in [0.2, 0.25) is 0 Å². The molecule has 1 heterocycles. The minimum absolute atomic E-state index is 0.303. The van der Waals surface area contributed by atoms with Crippen LogP contribution in [0, 0.1) is 0 Å². The van der Waals surface area contributed by atoms with Crippen molar-refractivity contribution in [3.8, 4) is 0 Å². The van der Waals surface area contributed by atoms with Gasteiger partial charge in [0, 0.05) is 31.7 Å². The summed E-state index contributed by atoms with van der Waals surface area (Å²) < 4.78 is 0. The van der Waals surface area contributed by atoms with Crippen LogP contribution in [-0.2, 0) is 27.2 Å². The van der Waals surface area contributed by atoms with Crippen molar-refractivity contribution in [2.24, 2.45) is 0 Å². The maximum atomic E-state index is 12.5. The van der Waals surface area contributed by atoms with Gasteiger partial charge in [-0.3, -0.25) is 9.59 Å². The van der Waals surface area contributed by atoms with Crippen molar-refractivity contribution in [3.63, 3.8) is 0 Å². The number of benzene rings is 1. The van der Waals surface area contributed by atoms with Crippen LogP contribution in [0.4, 0.5) is 0 Å². The first kappa shape index (κ1) is 17.4. The van der Waals surface area contributed by atoms with Gasteiger partial charge in [-0.15, -0.1) is 0 Å². The number of imidazole rings is 1. The minimum Gasteiger partial charge on any atom is -0.348 e. The molecule has 2 aromatic rings. The zero-order valence-electron chi connectivity index (χ0n) is 13.4. The monoisotopic (exact) mass is 328 g/mol. The molecule has 0 fully saturated rings. The summed E-state index contributed by atoms with van der Waals surface area (Å²) in [5, 5.41) is 5.29. The molecule has 0 saturated heterocycles. The summed E-state index contributed by atoms with van der Waals surface area (Å²) in [4.78, 5) is 41.9. The smallest absolute Gasteiger partial charge is 0.243 e. The summed E-state index contributed by atoms with van der Waals surface area (Å²) in [6, 6.07) is 7.94. The number of H-pyrrole nitrogens is 1. The van der Waals surface area contributed by atoms with E-state index in [1.165, 1.54) is 13.3 Å². The van der Waals surface area contributed by atoms with Crippen molar-refractivity contribution >= 4 is 18.1 Å². The van der Waals surface area contributed by atoms with Crippen molar-refractivity contribution in [1.29, 1.82) is 0 Å². The van der Waals surface area contributed by atoms with E-state index in [4.69, 9.17) is 0 Å². The lowest BCUT2D eigenvalue weighted by atomic mass is 10.0. The standard InChI is InChI=1S/C17H20N4O3/c1-12(23)20-16(7-13-5-3-2-4-6-13)17(24)21-15(10-22)8-14-9-18-11-19-14/h2-6,9-11,15-16H,7-8H2,1H3,(H,18,19)(H,20,23)(H,21,24)/t15-,16-/m0/s1. The van der Waals surface area contributed by atoms with Gasteiger partial charge in [0.1, 0.15) is 12.3 Å². The number of nitrogens with zero attached hydrogens (tertiary/aromatic N) is 1. The second-order valence-corrected chi connectivity index (χ2v) is 5.47. The molecule has 0 bridgehead atoms. The molecule has 0 aliphatic rings. The first-order chi connectivity index (χ1) is 11.6. The van der Waals surface area contributed by atoms with Gasteiger partial charge in [-0.1, -0.05) is 30.3 Å². The SMILES string of the molecule is CC(=O)N[C@@H](Cc1ccccc1)C(=O)N[C@H](C=O)Cc1cnc[nH]1. The van der Waals surface area contributed by atoms with Crippen LogP contribution >= 0.6 is 0 Å². The summed E-state index contributed by atoms with van der Waals surface area (Å²) in [5.41, 5.74) is 1.66. The van der Waals surface area contributed by atoms with Crippen LogP contribution in [0.25, 0.3) is 0 Å². The van der Waals surface area contributed by atoms with E-state index < -0.39 is 18.0 Å². The predicted molar refractivity (Wildman–Crippen MR) is 88.0 cm³/mol. The highest BCUT2D eigenvalue weighted by atomic mass is 16.2. The molecule has 126 valence electrons. The van der Waals surface area contributed by atoms with Crippen LogP contribution in [0.1, 0.15) is 18.2 Å². The predicted octanol–water partition coefficient (Wildman–Crippen LogP) is 0.383. The Hall–Kier alpha value is -2.96. The van der Waals surface area contributed by atoms with Gasteiger partial charge in [-0.05, 0) is 5.56 Å². The normalized spacial score (nSPS) is 12.9. The maximum Gasteiger partial charge on any atom is 0.243 e. The third kappa shape index (κ3) is 5.35. The van der Waals surface area contributed by atoms with E-state index >= 15 is 0 Å². The van der Waals surface area contributed by atoms with Gasteiger partial charge in [0.25, 0.3) is 0 Å². The van der Waals surface area contributed by atoms with Crippen molar-refractivity contribution in [2.75, 3.05) is 0 Å². The van der Waals surface area contributed by atoms with Crippen molar-refractivity contribution < 1.29 is 14.4 Å². The molecule has 0 spiro atoms. The number of amides is 2. The van der Waals surface area contributed by atoms with Crippen molar-refractivity contribution in [1.82, 2.24) is 20.6 Å². The quantitative estimate of drug-likeness (QED) is 0.610. The zero-order valence-corrected chi connectivity index (χ0v) is 13.4. The first-order valence-electron chi connectivity index (χ1n) is 7.62. The molecule has 3 N–H and O–H groups in total.